The summed E-state index contributed by atoms with van der Waals surface area (Å²) >= 11 is 0. The van der Waals surface area contributed by atoms with Crippen molar-refractivity contribution in [3.8, 4) is 0 Å². The van der Waals surface area contributed by atoms with Gasteiger partial charge in [0, 0.05) is 5.70 Å². The molecular formula is C16H14FN. The van der Waals surface area contributed by atoms with Crippen molar-refractivity contribution in [3.05, 3.63) is 70.7 Å². The van der Waals surface area contributed by atoms with Crippen LogP contribution in [0.5, 0.6) is 0 Å². The van der Waals surface area contributed by atoms with E-state index in [1.165, 1.54) is 6.08 Å². The number of rotatable bonds is 1. The molecule has 1 unspecified atom stereocenters. The maximum Gasteiger partial charge on any atom is 0.113 e. The second-order valence-electron chi connectivity index (χ2n) is 4.70. The molecule has 0 bridgehead atoms. The fourth-order valence-corrected chi connectivity index (χ4v) is 2.58. The second kappa shape index (κ2) is 4.05. The summed E-state index contributed by atoms with van der Waals surface area (Å²) in [6.45, 7) is 3.97. The molecule has 0 N–H and O–H groups in total. The normalized spacial score (nSPS) is 21.8. The SMILES string of the molecule is CC1=C2C=CC=C(F)C2C(c2ccccc2C)=N1. The number of nitrogens with zero attached hydrogens (tertiary/aromatic N) is 1. The molecular weight excluding hydrogens is 225 g/mol. The van der Waals surface area contributed by atoms with Gasteiger partial charge in [0.05, 0.1) is 11.6 Å². The number of aryl methyl sites for hydroxylation is 1. The Kier molecular flexibility index (Phi) is 2.51. The minimum Gasteiger partial charge on any atom is -0.256 e. The highest BCUT2D eigenvalue weighted by atomic mass is 19.1. The van der Waals surface area contributed by atoms with Crippen molar-refractivity contribution in [2.45, 2.75) is 13.8 Å². The first-order valence-electron chi connectivity index (χ1n) is 6.07. The quantitative estimate of drug-likeness (QED) is 0.699. The van der Waals surface area contributed by atoms with Gasteiger partial charge in [-0.25, -0.2) is 4.39 Å². The van der Waals surface area contributed by atoms with Gasteiger partial charge in [-0.1, -0.05) is 36.4 Å². The molecule has 0 saturated carbocycles. The number of hydrogen-bond donors (Lipinski definition) is 0. The average Bonchev–Trinajstić information content (AvgIpc) is 2.69. The maximum atomic E-state index is 14.1. The Morgan fingerprint density at radius 2 is 1.94 bits per heavy atom. The molecule has 0 amide bonds. The summed E-state index contributed by atoms with van der Waals surface area (Å²) in [7, 11) is 0. The predicted molar refractivity (Wildman–Crippen MR) is 72.2 cm³/mol. The van der Waals surface area contributed by atoms with E-state index in [0.717, 1.165) is 28.1 Å². The summed E-state index contributed by atoms with van der Waals surface area (Å²) in [5.74, 6) is -0.428. The van der Waals surface area contributed by atoms with Gasteiger partial charge in [-0.05, 0) is 36.6 Å². The molecule has 0 saturated heterocycles. The average molecular weight is 239 g/mol. The van der Waals surface area contributed by atoms with Crippen LogP contribution in [0.1, 0.15) is 18.1 Å². The van der Waals surface area contributed by atoms with E-state index in [9.17, 15) is 4.39 Å². The Morgan fingerprint density at radius 3 is 2.72 bits per heavy atom. The molecule has 1 aliphatic carbocycles. The van der Waals surface area contributed by atoms with Crippen LogP contribution in [0.2, 0.25) is 0 Å². The molecule has 1 aliphatic heterocycles. The van der Waals surface area contributed by atoms with Gasteiger partial charge in [0.15, 0.2) is 0 Å². The topological polar surface area (TPSA) is 12.4 Å². The molecule has 1 atom stereocenters. The third-order valence-corrected chi connectivity index (χ3v) is 3.52. The Morgan fingerprint density at radius 1 is 1.17 bits per heavy atom. The highest BCUT2D eigenvalue weighted by molar-refractivity contribution is 6.09. The van der Waals surface area contributed by atoms with E-state index in [1.54, 1.807) is 6.08 Å². The zero-order chi connectivity index (χ0) is 12.7. The van der Waals surface area contributed by atoms with Crippen molar-refractivity contribution in [3.63, 3.8) is 0 Å². The van der Waals surface area contributed by atoms with Gasteiger partial charge in [-0.3, -0.25) is 4.99 Å². The summed E-state index contributed by atoms with van der Waals surface area (Å²) in [5.41, 5.74) is 4.90. The minimum absolute atomic E-state index is 0.119. The van der Waals surface area contributed by atoms with Gasteiger partial charge >= 0.3 is 0 Å². The van der Waals surface area contributed by atoms with Crippen molar-refractivity contribution in [1.29, 1.82) is 0 Å². The molecule has 0 fully saturated rings. The van der Waals surface area contributed by atoms with E-state index in [-0.39, 0.29) is 11.7 Å². The molecule has 1 aromatic carbocycles. The van der Waals surface area contributed by atoms with E-state index >= 15 is 0 Å². The van der Waals surface area contributed by atoms with Crippen LogP contribution in [0.4, 0.5) is 4.39 Å². The molecule has 18 heavy (non-hydrogen) atoms. The molecule has 3 rings (SSSR count). The van der Waals surface area contributed by atoms with Crippen LogP contribution >= 0.6 is 0 Å². The van der Waals surface area contributed by atoms with Gasteiger partial charge in [0.1, 0.15) is 5.83 Å². The first kappa shape index (κ1) is 11.1. The second-order valence-corrected chi connectivity index (χ2v) is 4.70. The van der Waals surface area contributed by atoms with E-state index in [0.29, 0.717) is 0 Å². The Balaban J connectivity index is 2.12. The smallest absolute Gasteiger partial charge is 0.113 e. The Bertz CT molecular complexity index is 632. The first-order chi connectivity index (χ1) is 8.68. The number of halogens is 1. The largest absolute Gasteiger partial charge is 0.256 e. The third-order valence-electron chi connectivity index (χ3n) is 3.52. The fourth-order valence-electron chi connectivity index (χ4n) is 2.58. The first-order valence-corrected chi connectivity index (χ1v) is 6.07. The monoisotopic (exact) mass is 239 g/mol. The van der Waals surface area contributed by atoms with Crippen LogP contribution in [0.15, 0.2) is 64.6 Å². The van der Waals surface area contributed by atoms with Crippen LogP contribution in [0.25, 0.3) is 0 Å². The lowest BCUT2D eigenvalue weighted by atomic mass is 9.86. The summed E-state index contributed by atoms with van der Waals surface area (Å²) in [6.07, 6.45) is 5.24. The Labute approximate surface area is 106 Å². The number of hydrogen-bond acceptors (Lipinski definition) is 1. The lowest BCUT2D eigenvalue weighted by molar-refractivity contribution is 0.577. The molecule has 2 heteroatoms. The van der Waals surface area contributed by atoms with Crippen LogP contribution < -0.4 is 0 Å². The minimum atomic E-state index is -0.309. The molecule has 0 radical (unpaired) electrons. The lowest BCUT2D eigenvalue weighted by Crippen LogP contribution is -2.17. The van der Waals surface area contributed by atoms with E-state index < -0.39 is 0 Å². The summed E-state index contributed by atoms with van der Waals surface area (Å²) in [5, 5.41) is 0. The third kappa shape index (κ3) is 1.57. The van der Waals surface area contributed by atoms with Gasteiger partial charge in [-0.15, -0.1) is 0 Å². The number of benzene rings is 1. The number of allylic oxidation sites excluding steroid dienone is 6. The number of fused-ring (bicyclic) bond motifs is 1. The zero-order valence-corrected chi connectivity index (χ0v) is 10.4. The van der Waals surface area contributed by atoms with Crippen LogP contribution in [0, 0.1) is 12.8 Å². The highest BCUT2D eigenvalue weighted by Gasteiger charge is 2.33. The highest BCUT2D eigenvalue weighted by Crippen LogP contribution is 2.38. The predicted octanol–water partition coefficient (Wildman–Crippen LogP) is 4.11. The summed E-state index contributed by atoms with van der Waals surface area (Å²) in [4.78, 5) is 4.58. The molecule has 90 valence electrons. The van der Waals surface area contributed by atoms with Crippen LogP contribution in [-0.4, -0.2) is 5.71 Å². The van der Waals surface area contributed by atoms with E-state index in [4.69, 9.17) is 0 Å². The molecule has 0 aromatic heterocycles. The maximum absolute atomic E-state index is 14.1. The zero-order valence-electron chi connectivity index (χ0n) is 10.4. The van der Waals surface area contributed by atoms with Gasteiger partial charge in [0.25, 0.3) is 0 Å². The van der Waals surface area contributed by atoms with Crippen molar-refractivity contribution in [2.24, 2.45) is 10.9 Å². The number of aliphatic imine (C=N–C) groups is 1. The van der Waals surface area contributed by atoms with Crippen LogP contribution in [-0.2, 0) is 0 Å². The van der Waals surface area contributed by atoms with Crippen molar-refractivity contribution in [1.82, 2.24) is 0 Å². The molecule has 2 aliphatic rings. The summed E-state index contributed by atoms with van der Waals surface area (Å²) < 4.78 is 14.1. The standard InChI is InChI=1S/C16H14FN/c1-10-6-3-4-7-12(10)16-15-13(11(2)18-16)8-5-9-14(15)17/h3-9,15H,1-2H3. The molecule has 1 aromatic rings. The van der Waals surface area contributed by atoms with E-state index in [2.05, 4.69) is 4.99 Å². The molecule has 1 nitrogen and oxygen atoms in total. The molecule has 0 spiro atoms. The van der Waals surface area contributed by atoms with Crippen molar-refractivity contribution < 1.29 is 4.39 Å². The lowest BCUT2D eigenvalue weighted by Gasteiger charge is -2.17. The molecule has 1 heterocycles. The van der Waals surface area contributed by atoms with Gasteiger partial charge < -0.3 is 0 Å². The summed E-state index contributed by atoms with van der Waals surface area (Å²) in [6, 6.07) is 8.00. The van der Waals surface area contributed by atoms with Gasteiger partial charge in [-0.2, -0.15) is 0 Å². The van der Waals surface area contributed by atoms with Crippen molar-refractivity contribution in [2.75, 3.05) is 0 Å². The van der Waals surface area contributed by atoms with Gasteiger partial charge in [0.2, 0.25) is 0 Å². The Hall–Kier alpha value is -1.96. The fraction of sp³-hybridized carbons (Fsp3) is 0.188. The van der Waals surface area contributed by atoms with Crippen LogP contribution in [0.3, 0.4) is 0 Å². The van der Waals surface area contributed by atoms with E-state index in [1.807, 2.05) is 44.2 Å². The van der Waals surface area contributed by atoms with Crippen molar-refractivity contribution >= 4 is 5.71 Å².